The molecule has 5 rings (SSSR count). The third kappa shape index (κ3) is 5.77. The molecular weight excluding hydrogens is 499 g/mol. The smallest absolute Gasteiger partial charge is 0.155 e. The molecule has 5 nitrogen and oxygen atoms in total. The Balaban J connectivity index is 1.45. The van der Waals surface area contributed by atoms with Gasteiger partial charge in [-0.3, -0.25) is 14.9 Å². The van der Waals surface area contributed by atoms with Gasteiger partial charge >= 0.3 is 0 Å². The maximum Gasteiger partial charge on any atom is 0.155 e. The number of aliphatic imine (C=N–C) groups is 2. The van der Waals surface area contributed by atoms with Crippen LogP contribution >= 0.6 is 11.6 Å². The van der Waals surface area contributed by atoms with Crippen molar-refractivity contribution in [1.82, 2.24) is 9.88 Å². The second-order valence-electron chi connectivity index (χ2n) is 9.32. The number of likely N-dealkylation sites (tertiary alicyclic amines) is 1. The predicted octanol–water partition coefficient (Wildman–Crippen LogP) is 6.88. The zero-order chi connectivity index (χ0) is 26.5. The van der Waals surface area contributed by atoms with E-state index >= 15 is 0 Å². The first-order valence-corrected chi connectivity index (χ1v) is 13.2. The first-order chi connectivity index (χ1) is 18.6. The fraction of sp³-hybridized carbons (Fsp3) is 0.258. The summed E-state index contributed by atoms with van der Waals surface area (Å²) in [5.74, 6) is 0.971. The van der Waals surface area contributed by atoms with Crippen molar-refractivity contribution in [2.75, 3.05) is 33.3 Å². The van der Waals surface area contributed by atoms with Gasteiger partial charge in [-0.15, -0.1) is 0 Å². The largest absolute Gasteiger partial charge is 0.492 e. The van der Waals surface area contributed by atoms with Crippen molar-refractivity contribution in [2.24, 2.45) is 9.98 Å². The molecule has 38 heavy (non-hydrogen) atoms. The summed E-state index contributed by atoms with van der Waals surface area (Å²) < 4.78 is 20.8. The van der Waals surface area contributed by atoms with Crippen LogP contribution < -0.4 is 4.74 Å². The highest BCUT2D eigenvalue weighted by Gasteiger charge is 2.22. The van der Waals surface area contributed by atoms with Gasteiger partial charge in [0.2, 0.25) is 0 Å². The van der Waals surface area contributed by atoms with E-state index in [1.165, 1.54) is 25.0 Å². The van der Waals surface area contributed by atoms with Gasteiger partial charge in [-0.1, -0.05) is 29.8 Å². The fourth-order valence-corrected chi connectivity index (χ4v) is 5.05. The lowest BCUT2D eigenvalue weighted by atomic mass is 9.91. The topological polar surface area (TPSA) is 50.1 Å². The minimum atomic E-state index is -0.392. The van der Waals surface area contributed by atoms with Crippen LogP contribution in [-0.2, 0) is 0 Å². The number of pyridine rings is 1. The summed E-state index contributed by atoms with van der Waals surface area (Å²) in [6, 6.07) is 14.6. The van der Waals surface area contributed by atoms with E-state index in [1.807, 2.05) is 49.5 Å². The highest BCUT2D eigenvalue weighted by atomic mass is 35.5. The van der Waals surface area contributed by atoms with Gasteiger partial charge in [-0.05, 0) is 86.5 Å². The van der Waals surface area contributed by atoms with Crippen LogP contribution in [-0.4, -0.2) is 54.7 Å². The summed E-state index contributed by atoms with van der Waals surface area (Å²) >= 11 is 6.18. The first kappa shape index (κ1) is 26.0. The Hall–Kier alpha value is -3.61. The van der Waals surface area contributed by atoms with Crippen LogP contribution in [0, 0.1) is 5.82 Å². The van der Waals surface area contributed by atoms with Crippen LogP contribution in [0.15, 0.2) is 88.6 Å². The summed E-state index contributed by atoms with van der Waals surface area (Å²) in [6.07, 6.45) is 10.0. The van der Waals surface area contributed by atoms with Crippen molar-refractivity contribution >= 4 is 28.7 Å². The van der Waals surface area contributed by atoms with Gasteiger partial charge < -0.3 is 4.74 Å². The lowest BCUT2D eigenvalue weighted by Crippen LogP contribution is -2.25. The molecule has 7 heteroatoms. The average molecular weight is 529 g/mol. The molecule has 1 fully saturated rings. The predicted molar refractivity (Wildman–Crippen MR) is 154 cm³/mol. The second-order valence-corrected chi connectivity index (χ2v) is 9.75. The number of ether oxygens (including phenoxy) is 1. The molecule has 0 spiro atoms. The Labute approximate surface area is 228 Å². The Morgan fingerprint density at radius 3 is 2.66 bits per heavy atom. The second kappa shape index (κ2) is 11.8. The molecule has 2 aromatic carbocycles. The molecule has 2 aliphatic rings. The van der Waals surface area contributed by atoms with Gasteiger partial charge in [-0.2, -0.15) is 0 Å². The summed E-state index contributed by atoms with van der Waals surface area (Å²) in [5.41, 5.74) is 5.36. The molecule has 0 radical (unpaired) electrons. The number of hydrogen-bond donors (Lipinski definition) is 0. The Morgan fingerprint density at radius 1 is 1.05 bits per heavy atom. The van der Waals surface area contributed by atoms with E-state index < -0.39 is 5.82 Å². The Bertz CT molecular complexity index is 1450. The van der Waals surface area contributed by atoms with Crippen LogP contribution in [0.3, 0.4) is 0 Å². The standard InChI is InChI=1S/C31H30ClFN4O/c1-3-26-27(18-30(36-31(26)34-2)28-17-24(32)9-10-29(28)33)23-15-22(19-35-20-23)21-7-6-8-25(16-21)38-14-13-37-11-4-5-12-37/h3,6-10,15-20H,4-5,11-14H2,1-2H3/b26-3-,34-31+. The number of amidine groups is 1. The molecule has 3 heterocycles. The van der Waals surface area contributed by atoms with Crippen molar-refractivity contribution in [1.29, 1.82) is 0 Å². The lowest BCUT2D eigenvalue weighted by Gasteiger charge is -2.19. The molecule has 0 atom stereocenters. The van der Waals surface area contributed by atoms with Crippen molar-refractivity contribution in [2.45, 2.75) is 19.8 Å². The monoisotopic (exact) mass is 528 g/mol. The molecule has 2 aliphatic heterocycles. The van der Waals surface area contributed by atoms with Crippen molar-refractivity contribution in [3.05, 3.63) is 101 Å². The van der Waals surface area contributed by atoms with E-state index in [9.17, 15) is 4.39 Å². The van der Waals surface area contributed by atoms with Crippen molar-refractivity contribution < 1.29 is 9.13 Å². The molecule has 0 saturated carbocycles. The van der Waals surface area contributed by atoms with Gasteiger partial charge in [0.25, 0.3) is 0 Å². The number of hydrogen-bond acceptors (Lipinski definition) is 4. The van der Waals surface area contributed by atoms with Crippen molar-refractivity contribution in [3.8, 4) is 16.9 Å². The summed E-state index contributed by atoms with van der Waals surface area (Å²) in [7, 11) is 1.68. The van der Waals surface area contributed by atoms with Crippen LogP contribution in [0.1, 0.15) is 30.9 Å². The Kier molecular flexibility index (Phi) is 8.11. The van der Waals surface area contributed by atoms with Crippen LogP contribution in [0.5, 0.6) is 5.75 Å². The first-order valence-electron chi connectivity index (χ1n) is 12.9. The lowest BCUT2D eigenvalue weighted by molar-refractivity contribution is 0.238. The Morgan fingerprint density at radius 2 is 1.87 bits per heavy atom. The molecule has 1 saturated heterocycles. The maximum absolute atomic E-state index is 14.7. The van der Waals surface area contributed by atoms with Gasteiger partial charge in [0.1, 0.15) is 18.2 Å². The SMILES string of the molecule is C/C=C1/C(c2cncc(-c3cccc(OCCN4CCCC4)c3)c2)=CC(c2cc(Cl)ccc2F)=N/C1=N/C. The molecular formula is C31H30ClFN4O. The highest BCUT2D eigenvalue weighted by Crippen LogP contribution is 2.33. The van der Waals surface area contributed by atoms with E-state index in [4.69, 9.17) is 16.3 Å². The maximum atomic E-state index is 14.7. The molecule has 0 N–H and O–H groups in total. The van der Waals surface area contributed by atoms with E-state index in [-0.39, 0.29) is 0 Å². The normalized spacial score (nSPS) is 18.1. The van der Waals surface area contributed by atoms with Gasteiger partial charge in [0.05, 0.1) is 5.71 Å². The molecule has 0 amide bonds. The van der Waals surface area contributed by atoms with Crippen LogP contribution in [0.4, 0.5) is 4.39 Å². The van der Waals surface area contributed by atoms with E-state index in [1.54, 1.807) is 19.3 Å². The highest BCUT2D eigenvalue weighted by molar-refractivity contribution is 6.32. The summed E-state index contributed by atoms with van der Waals surface area (Å²) in [4.78, 5) is 16.0. The van der Waals surface area contributed by atoms with Crippen LogP contribution in [0.2, 0.25) is 5.02 Å². The molecule has 0 bridgehead atoms. The minimum Gasteiger partial charge on any atom is -0.492 e. The van der Waals surface area contributed by atoms with Gasteiger partial charge in [-0.25, -0.2) is 9.38 Å². The quantitative estimate of drug-likeness (QED) is 0.336. The minimum absolute atomic E-state index is 0.328. The molecule has 3 aromatic rings. The van der Waals surface area contributed by atoms with E-state index in [2.05, 4.69) is 25.9 Å². The molecule has 194 valence electrons. The molecule has 1 aromatic heterocycles. The van der Waals surface area contributed by atoms with Crippen molar-refractivity contribution in [3.63, 3.8) is 0 Å². The number of aromatic nitrogens is 1. The van der Waals surface area contributed by atoms with Gasteiger partial charge in [0.15, 0.2) is 5.84 Å². The third-order valence-electron chi connectivity index (χ3n) is 6.83. The number of dihydropyridines is 1. The number of benzene rings is 2. The fourth-order valence-electron chi connectivity index (χ4n) is 4.88. The zero-order valence-electron chi connectivity index (χ0n) is 21.6. The van der Waals surface area contributed by atoms with E-state index in [0.717, 1.165) is 53.2 Å². The van der Waals surface area contributed by atoms with E-state index in [0.29, 0.717) is 28.7 Å². The zero-order valence-corrected chi connectivity index (χ0v) is 22.4. The number of rotatable bonds is 7. The number of nitrogens with zero attached hydrogens (tertiary/aromatic N) is 4. The summed E-state index contributed by atoms with van der Waals surface area (Å²) in [6.45, 7) is 5.87. The number of halogens is 2. The average Bonchev–Trinajstić information content (AvgIpc) is 3.47. The number of allylic oxidation sites excluding steroid dienone is 2. The molecule has 0 aliphatic carbocycles. The third-order valence-corrected chi connectivity index (χ3v) is 7.07. The van der Waals surface area contributed by atoms with Gasteiger partial charge in [0, 0.05) is 53.3 Å². The molecule has 0 unspecified atom stereocenters. The summed E-state index contributed by atoms with van der Waals surface area (Å²) in [5, 5.41) is 0.442. The van der Waals surface area contributed by atoms with Crippen LogP contribution in [0.25, 0.3) is 16.7 Å².